The summed E-state index contributed by atoms with van der Waals surface area (Å²) in [6, 6.07) is 19.6. The third-order valence-electron chi connectivity index (χ3n) is 5.42. The maximum absolute atomic E-state index is 13.1. The Hall–Kier alpha value is -4.13. The summed E-state index contributed by atoms with van der Waals surface area (Å²) in [5.74, 6) is -0.534. The minimum Gasteiger partial charge on any atom is -0.494 e. The highest BCUT2D eigenvalue weighted by Crippen LogP contribution is 2.23. The number of aromatic nitrogens is 1. The summed E-state index contributed by atoms with van der Waals surface area (Å²) in [4.78, 5) is 39.0. The molecular weight excluding hydrogens is 418 g/mol. The van der Waals surface area contributed by atoms with Gasteiger partial charge in [0.25, 0.3) is 11.8 Å². The molecule has 0 saturated carbocycles. The Kier molecular flexibility index (Phi) is 6.69. The number of ether oxygens (including phenoxy) is 1. The van der Waals surface area contributed by atoms with Crippen molar-refractivity contribution in [3.05, 3.63) is 89.8 Å². The second kappa shape index (κ2) is 9.99. The zero-order valence-electron chi connectivity index (χ0n) is 18.4. The number of carbonyl (C=O) groups excluding carboxylic acids is 3. The van der Waals surface area contributed by atoms with E-state index in [1.165, 1.54) is 6.08 Å². The fraction of sp³-hybridized carbons (Fsp3) is 0.192. The van der Waals surface area contributed by atoms with E-state index >= 15 is 0 Å². The van der Waals surface area contributed by atoms with Crippen LogP contribution >= 0.6 is 0 Å². The number of aryl methyl sites for hydroxylation is 2. The molecular formula is C26H25N3O4. The molecule has 4 rings (SSSR count). The number of rotatable bonds is 8. The second-order valence-electron chi connectivity index (χ2n) is 7.62. The molecule has 33 heavy (non-hydrogen) atoms. The number of urea groups is 1. The number of imide groups is 2. The van der Waals surface area contributed by atoms with Crippen LogP contribution in [0.3, 0.4) is 0 Å². The average molecular weight is 444 g/mol. The van der Waals surface area contributed by atoms with Crippen LogP contribution in [0.15, 0.2) is 78.5 Å². The molecule has 0 atom stereocenters. The average Bonchev–Trinajstić information content (AvgIpc) is 3.27. The van der Waals surface area contributed by atoms with Crippen LogP contribution in [0.5, 0.6) is 5.75 Å². The normalized spacial score (nSPS) is 15.1. The minimum absolute atomic E-state index is 0.0883. The van der Waals surface area contributed by atoms with Gasteiger partial charge in [-0.2, -0.15) is 0 Å². The van der Waals surface area contributed by atoms with Gasteiger partial charge in [0.15, 0.2) is 0 Å². The van der Waals surface area contributed by atoms with Gasteiger partial charge in [0.1, 0.15) is 11.3 Å². The summed E-state index contributed by atoms with van der Waals surface area (Å²) in [7, 11) is 0. The van der Waals surface area contributed by atoms with Crippen LogP contribution in [-0.4, -0.2) is 29.0 Å². The van der Waals surface area contributed by atoms with Crippen molar-refractivity contribution >= 4 is 29.6 Å². The molecule has 1 aliphatic rings. The number of hydrogen-bond donors (Lipinski definition) is 1. The van der Waals surface area contributed by atoms with Gasteiger partial charge in [-0.3, -0.25) is 14.9 Å². The van der Waals surface area contributed by atoms with Gasteiger partial charge in [-0.05, 0) is 60.9 Å². The molecule has 2 heterocycles. The highest BCUT2D eigenvalue weighted by atomic mass is 16.5. The Labute approximate surface area is 192 Å². The van der Waals surface area contributed by atoms with E-state index in [1.54, 1.807) is 12.1 Å². The highest BCUT2D eigenvalue weighted by molar-refractivity contribution is 6.39. The summed E-state index contributed by atoms with van der Waals surface area (Å²) in [5, 5.41) is 2.27. The Morgan fingerprint density at radius 2 is 1.70 bits per heavy atom. The van der Waals surface area contributed by atoms with Crippen LogP contribution in [0, 0.1) is 0 Å². The number of amides is 4. The van der Waals surface area contributed by atoms with Gasteiger partial charge in [-0.15, -0.1) is 0 Å². The predicted molar refractivity (Wildman–Crippen MR) is 126 cm³/mol. The lowest BCUT2D eigenvalue weighted by Gasteiger charge is -2.26. The number of nitrogens with one attached hydrogen (secondary N) is 1. The number of carbonyl (C=O) groups is 3. The van der Waals surface area contributed by atoms with Crippen molar-refractivity contribution < 1.29 is 19.1 Å². The second-order valence-corrected chi connectivity index (χ2v) is 7.62. The third-order valence-corrected chi connectivity index (χ3v) is 5.42. The first-order valence-electron chi connectivity index (χ1n) is 10.9. The molecule has 1 saturated heterocycles. The minimum atomic E-state index is -0.750. The highest BCUT2D eigenvalue weighted by Gasteiger charge is 2.36. The van der Waals surface area contributed by atoms with Crippen molar-refractivity contribution in [3.8, 4) is 5.75 Å². The van der Waals surface area contributed by atoms with Gasteiger partial charge >= 0.3 is 6.03 Å². The molecule has 1 aromatic heterocycles. The van der Waals surface area contributed by atoms with Crippen LogP contribution in [-0.2, 0) is 22.6 Å². The predicted octanol–water partition coefficient (Wildman–Crippen LogP) is 4.19. The van der Waals surface area contributed by atoms with Crippen molar-refractivity contribution in [1.82, 2.24) is 9.88 Å². The fourth-order valence-electron chi connectivity index (χ4n) is 3.62. The number of barbiturate groups is 1. The summed E-state index contributed by atoms with van der Waals surface area (Å²) in [5.41, 5.74) is 2.12. The summed E-state index contributed by atoms with van der Waals surface area (Å²) in [6.45, 7) is 3.21. The Balaban J connectivity index is 1.48. The van der Waals surface area contributed by atoms with E-state index in [2.05, 4.69) is 5.32 Å². The number of anilines is 1. The maximum Gasteiger partial charge on any atom is 0.335 e. The topological polar surface area (TPSA) is 80.6 Å². The first kappa shape index (κ1) is 22.1. The van der Waals surface area contributed by atoms with Crippen LogP contribution in [0.25, 0.3) is 6.08 Å². The third kappa shape index (κ3) is 5.03. The van der Waals surface area contributed by atoms with Gasteiger partial charge in [0.05, 0.1) is 12.3 Å². The molecule has 0 bridgehead atoms. The molecule has 3 aromatic rings. The standard InChI is InChI=1S/C26H25N3O4/c1-2-19-11-13-20(14-12-19)29-25(31)23(24(30)27-26(29)32)18-21-8-6-15-28(21)16-7-17-33-22-9-4-3-5-10-22/h3-6,8-15,18H,2,7,16-17H2,1H3,(H,27,30,32)/b23-18+. The number of hydrogen-bond acceptors (Lipinski definition) is 4. The molecule has 4 amide bonds. The van der Waals surface area contributed by atoms with E-state index in [4.69, 9.17) is 4.74 Å². The number of benzene rings is 2. The Bertz CT molecular complexity index is 1180. The van der Waals surface area contributed by atoms with Crippen LogP contribution in [0.2, 0.25) is 0 Å². The van der Waals surface area contributed by atoms with Gasteiger partial charge < -0.3 is 9.30 Å². The van der Waals surface area contributed by atoms with Gasteiger partial charge in [-0.25, -0.2) is 9.69 Å². The molecule has 1 fully saturated rings. The molecule has 0 aliphatic carbocycles. The molecule has 1 N–H and O–H groups in total. The molecule has 7 heteroatoms. The van der Waals surface area contributed by atoms with Crippen LogP contribution < -0.4 is 15.0 Å². The molecule has 0 unspecified atom stereocenters. The molecule has 7 nitrogen and oxygen atoms in total. The maximum atomic E-state index is 13.1. The summed E-state index contributed by atoms with van der Waals surface area (Å²) >= 11 is 0. The largest absolute Gasteiger partial charge is 0.494 e. The SMILES string of the molecule is CCc1ccc(N2C(=O)NC(=O)/C(=C\c3cccn3CCCOc3ccccc3)C2=O)cc1. The van der Waals surface area contributed by atoms with Crippen molar-refractivity contribution in [2.75, 3.05) is 11.5 Å². The fourth-order valence-corrected chi connectivity index (χ4v) is 3.62. The van der Waals surface area contributed by atoms with E-state index in [1.807, 2.05) is 72.3 Å². The van der Waals surface area contributed by atoms with E-state index in [-0.39, 0.29) is 5.57 Å². The summed E-state index contributed by atoms with van der Waals surface area (Å²) < 4.78 is 7.67. The number of nitrogens with zero attached hydrogens (tertiary/aromatic N) is 2. The first-order chi connectivity index (χ1) is 16.1. The van der Waals surface area contributed by atoms with Crippen molar-refractivity contribution in [1.29, 1.82) is 0 Å². The van der Waals surface area contributed by atoms with E-state index in [0.717, 1.165) is 29.1 Å². The monoisotopic (exact) mass is 443 g/mol. The van der Waals surface area contributed by atoms with E-state index in [0.29, 0.717) is 24.5 Å². The van der Waals surface area contributed by atoms with Crippen molar-refractivity contribution in [3.63, 3.8) is 0 Å². The van der Waals surface area contributed by atoms with Gasteiger partial charge in [0, 0.05) is 18.4 Å². The molecule has 1 aliphatic heterocycles. The van der Waals surface area contributed by atoms with Crippen LogP contribution in [0.1, 0.15) is 24.6 Å². The lowest BCUT2D eigenvalue weighted by atomic mass is 10.1. The first-order valence-corrected chi connectivity index (χ1v) is 10.9. The Morgan fingerprint density at radius 1 is 0.939 bits per heavy atom. The van der Waals surface area contributed by atoms with Gasteiger partial charge in [0.2, 0.25) is 0 Å². The van der Waals surface area contributed by atoms with E-state index < -0.39 is 17.8 Å². The molecule has 168 valence electrons. The lowest BCUT2D eigenvalue weighted by molar-refractivity contribution is -0.122. The van der Waals surface area contributed by atoms with E-state index in [9.17, 15) is 14.4 Å². The van der Waals surface area contributed by atoms with Crippen molar-refractivity contribution in [2.45, 2.75) is 26.3 Å². The smallest absolute Gasteiger partial charge is 0.335 e. The Morgan fingerprint density at radius 3 is 2.42 bits per heavy atom. The van der Waals surface area contributed by atoms with Crippen LogP contribution in [0.4, 0.5) is 10.5 Å². The molecule has 0 spiro atoms. The zero-order chi connectivity index (χ0) is 23.2. The molecule has 2 aromatic carbocycles. The van der Waals surface area contributed by atoms with Gasteiger partial charge in [-0.1, -0.05) is 37.3 Å². The zero-order valence-corrected chi connectivity index (χ0v) is 18.4. The van der Waals surface area contributed by atoms with Crippen molar-refractivity contribution in [2.24, 2.45) is 0 Å². The quantitative estimate of drug-likeness (QED) is 0.322. The molecule has 0 radical (unpaired) electrons. The number of para-hydroxylation sites is 1. The summed E-state index contributed by atoms with van der Waals surface area (Å²) in [6.07, 6.45) is 4.99. The lowest BCUT2D eigenvalue weighted by Crippen LogP contribution is -2.54.